The van der Waals surface area contributed by atoms with Gasteiger partial charge in [-0.2, -0.15) is 0 Å². The van der Waals surface area contributed by atoms with Gasteiger partial charge in [-0.1, -0.05) is 37.3 Å². The molecule has 164 valence electrons. The minimum absolute atomic E-state index is 0.200. The van der Waals surface area contributed by atoms with E-state index < -0.39 is 17.5 Å². The molecule has 0 aliphatic carbocycles. The summed E-state index contributed by atoms with van der Waals surface area (Å²) in [4.78, 5) is 8.75. The lowest BCUT2D eigenvalue weighted by molar-refractivity contribution is 0.445. The molecule has 4 rings (SSSR count). The molecule has 6 heteroatoms. The number of aryl methyl sites for hydroxylation is 5. The zero-order valence-corrected chi connectivity index (χ0v) is 17.6. The van der Waals surface area contributed by atoms with Gasteiger partial charge in [0.25, 0.3) is 0 Å². The summed E-state index contributed by atoms with van der Waals surface area (Å²) in [5.74, 6) is -3.55. The van der Waals surface area contributed by atoms with E-state index in [2.05, 4.69) is 16.9 Å². The monoisotopic (exact) mass is 438 g/mol. The topological polar surface area (TPSA) is 25.8 Å². The van der Waals surface area contributed by atoms with E-state index in [-0.39, 0.29) is 24.2 Å². The largest absolute Gasteiger partial charge is 0.241 e. The van der Waals surface area contributed by atoms with Gasteiger partial charge in [0.05, 0.1) is 0 Å². The molecule has 0 saturated heterocycles. The van der Waals surface area contributed by atoms with Gasteiger partial charge in [-0.05, 0) is 65.5 Å². The van der Waals surface area contributed by atoms with Gasteiger partial charge in [-0.3, -0.25) is 0 Å². The quantitative estimate of drug-likeness (QED) is 0.249. The maximum Gasteiger partial charge on any atom is 0.194 e. The molecule has 0 fully saturated rings. The third-order valence-corrected chi connectivity index (χ3v) is 5.63. The van der Waals surface area contributed by atoms with Crippen molar-refractivity contribution in [1.82, 2.24) is 9.97 Å². The van der Waals surface area contributed by atoms with Gasteiger partial charge in [0, 0.05) is 24.2 Å². The molecule has 0 amide bonds. The van der Waals surface area contributed by atoms with Crippen LogP contribution in [0.4, 0.5) is 17.6 Å². The lowest BCUT2D eigenvalue weighted by atomic mass is 9.98. The number of nitrogens with zero attached hydrogens (tertiary/aromatic N) is 2. The first-order valence-electron chi connectivity index (χ1n) is 10.6. The Hall–Kier alpha value is -3.28. The van der Waals surface area contributed by atoms with Crippen LogP contribution in [0.2, 0.25) is 0 Å². The predicted molar refractivity (Wildman–Crippen MR) is 116 cm³/mol. The Morgan fingerprint density at radius 1 is 0.656 bits per heavy atom. The molecule has 0 unspecified atom stereocenters. The van der Waals surface area contributed by atoms with Crippen molar-refractivity contribution in [2.75, 3.05) is 0 Å². The number of hydrogen-bond donors (Lipinski definition) is 0. The van der Waals surface area contributed by atoms with E-state index in [4.69, 9.17) is 0 Å². The van der Waals surface area contributed by atoms with Crippen LogP contribution in [0.25, 0.3) is 10.8 Å². The number of halogens is 4. The van der Waals surface area contributed by atoms with Crippen LogP contribution in [0.15, 0.2) is 54.9 Å². The average molecular weight is 438 g/mol. The highest BCUT2D eigenvalue weighted by atomic mass is 19.2. The average Bonchev–Trinajstić information content (AvgIpc) is 2.81. The number of hydrogen-bond acceptors (Lipinski definition) is 2. The van der Waals surface area contributed by atoms with Crippen molar-refractivity contribution in [3.63, 3.8) is 0 Å². The summed E-state index contributed by atoms with van der Waals surface area (Å²) in [5, 5.41) is 1.27. The summed E-state index contributed by atoms with van der Waals surface area (Å²) < 4.78 is 54.9. The Morgan fingerprint density at radius 3 is 2.03 bits per heavy atom. The van der Waals surface area contributed by atoms with Gasteiger partial charge in [0.15, 0.2) is 17.5 Å². The molecule has 0 aliphatic rings. The van der Waals surface area contributed by atoms with Crippen molar-refractivity contribution >= 4 is 10.8 Å². The van der Waals surface area contributed by atoms with E-state index in [1.165, 1.54) is 0 Å². The normalized spacial score (nSPS) is 11.3. The molecule has 0 radical (unpaired) electrons. The molecule has 0 N–H and O–H groups in total. The van der Waals surface area contributed by atoms with Gasteiger partial charge < -0.3 is 0 Å². The molecule has 0 atom stereocenters. The Morgan fingerprint density at radius 2 is 1.34 bits per heavy atom. The minimum Gasteiger partial charge on any atom is -0.241 e. The van der Waals surface area contributed by atoms with Crippen molar-refractivity contribution in [3.05, 3.63) is 106 Å². The molecule has 3 aromatic carbocycles. The highest BCUT2D eigenvalue weighted by Gasteiger charge is 2.13. The summed E-state index contributed by atoms with van der Waals surface area (Å²) >= 11 is 0. The first-order valence-corrected chi connectivity index (χ1v) is 10.6. The molecule has 0 aliphatic heterocycles. The van der Waals surface area contributed by atoms with Crippen LogP contribution in [0.1, 0.15) is 35.0 Å². The third-order valence-electron chi connectivity index (χ3n) is 5.63. The van der Waals surface area contributed by atoms with Crippen LogP contribution in [-0.4, -0.2) is 9.97 Å². The van der Waals surface area contributed by atoms with E-state index in [1.54, 1.807) is 12.1 Å². The standard InChI is InChI=1S/C26H22F4N2/c1-2-16-14-31-24(32-15-16)10-5-17-4-9-21-20(11-17)8-7-19(25(21)29)6-3-18-12-22(27)26(30)23(28)13-18/h4,7-9,11-15H,2-3,5-6,10H2,1H3. The molecule has 32 heavy (non-hydrogen) atoms. The fraction of sp³-hybridized carbons (Fsp3) is 0.231. The first-order chi connectivity index (χ1) is 15.4. The van der Waals surface area contributed by atoms with Crippen molar-refractivity contribution in [2.45, 2.75) is 39.0 Å². The number of aromatic nitrogens is 2. The van der Waals surface area contributed by atoms with Crippen LogP contribution < -0.4 is 0 Å². The first kappa shape index (κ1) is 21.9. The second-order valence-electron chi connectivity index (χ2n) is 7.83. The molecule has 1 aromatic heterocycles. The second kappa shape index (κ2) is 9.47. The van der Waals surface area contributed by atoms with Gasteiger partial charge in [0.1, 0.15) is 11.6 Å². The van der Waals surface area contributed by atoms with E-state index in [1.807, 2.05) is 30.6 Å². The van der Waals surface area contributed by atoms with Crippen LogP contribution in [0, 0.1) is 23.3 Å². The fourth-order valence-corrected chi connectivity index (χ4v) is 3.72. The summed E-state index contributed by atoms with van der Waals surface area (Å²) in [6.45, 7) is 2.06. The van der Waals surface area contributed by atoms with Crippen LogP contribution in [-0.2, 0) is 32.1 Å². The zero-order valence-electron chi connectivity index (χ0n) is 17.6. The summed E-state index contributed by atoms with van der Waals surface area (Å²) in [7, 11) is 0. The molecule has 0 spiro atoms. The molecule has 0 bridgehead atoms. The maximum absolute atomic E-state index is 15.0. The molecule has 0 saturated carbocycles. The zero-order chi connectivity index (χ0) is 22.7. The fourth-order valence-electron chi connectivity index (χ4n) is 3.72. The smallest absolute Gasteiger partial charge is 0.194 e. The SMILES string of the molecule is CCc1cnc(CCc2ccc3c(F)c(CCc4cc(F)c(F)c(F)c4)ccc3c2)nc1. The second-order valence-corrected chi connectivity index (χ2v) is 7.83. The maximum atomic E-state index is 15.0. The summed E-state index contributed by atoms with van der Waals surface area (Å²) in [6, 6.07) is 11.0. The van der Waals surface area contributed by atoms with Crippen LogP contribution in [0.3, 0.4) is 0 Å². The Bertz CT molecular complexity index is 1230. The van der Waals surface area contributed by atoms with E-state index in [0.29, 0.717) is 17.4 Å². The molecule has 2 nitrogen and oxygen atoms in total. The number of fused-ring (bicyclic) bond motifs is 1. The molecular weight excluding hydrogens is 416 g/mol. The van der Waals surface area contributed by atoms with Gasteiger partial charge >= 0.3 is 0 Å². The van der Waals surface area contributed by atoms with Crippen molar-refractivity contribution in [3.8, 4) is 0 Å². The minimum atomic E-state index is -1.49. The van der Waals surface area contributed by atoms with E-state index >= 15 is 4.39 Å². The third kappa shape index (κ3) is 4.79. The molecule has 1 heterocycles. The van der Waals surface area contributed by atoms with E-state index in [0.717, 1.165) is 47.3 Å². The van der Waals surface area contributed by atoms with Crippen LogP contribution >= 0.6 is 0 Å². The highest BCUT2D eigenvalue weighted by Crippen LogP contribution is 2.24. The van der Waals surface area contributed by atoms with Gasteiger partial charge in [-0.15, -0.1) is 0 Å². The van der Waals surface area contributed by atoms with Crippen molar-refractivity contribution in [2.24, 2.45) is 0 Å². The lowest BCUT2D eigenvalue weighted by Crippen LogP contribution is -2.00. The number of rotatable bonds is 7. The van der Waals surface area contributed by atoms with E-state index in [9.17, 15) is 13.2 Å². The highest BCUT2D eigenvalue weighted by molar-refractivity contribution is 5.84. The Kier molecular flexibility index (Phi) is 6.49. The van der Waals surface area contributed by atoms with Gasteiger partial charge in [-0.25, -0.2) is 27.5 Å². The summed E-state index contributed by atoms with van der Waals surface area (Å²) in [6.07, 6.45) is 6.47. The predicted octanol–water partition coefficient (Wildman–Crippen LogP) is 6.32. The van der Waals surface area contributed by atoms with Crippen LogP contribution in [0.5, 0.6) is 0 Å². The van der Waals surface area contributed by atoms with Gasteiger partial charge in [0.2, 0.25) is 0 Å². The van der Waals surface area contributed by atoms with Crippen molar-refractivity contribution < 1.29 is 17.6 Å². The summed E-state index contributed by atoms with van der Waals surface area (Å²) in [5.41, 5.74) is 2.88. The number of benzene rings is 3. The molecule has 4 aromatic rings. The Balaban J connectivity index is 1.46. The lowest BCUT2D eigenvalue weighted by Gasteiger charge is -2.09. The van der Waals surface area contributed by atoms with Crippen molar-refractivity contribution in [1.29, 1.82) is 0 Å². The Labute approximate surface area is 184 Å². The molecular formula is C26H22F4N2.